The Morgan fingerprint density at radius 1 is 1.11 bits per heavy atom. The van der Waals surface area contributed by atoms with Gasteiger partial charge in [-0.15, -0.1) is 0 Å². The van der Waals surface area contributed by atoms with Gasteiger partial charge in [0.2, 0.25) is 5.91 Å². The summed E-state index contributed by atoms with van der Waals surface area (Å²) in [6.07, 6.45) is 2.15. The van der Waals surface area contributed by atoms with E-state index in [1.165, 1.54) is 0 Å². The molecule has 0 radical (unpaired) electrons. The molecule has 19 heavy (non-hydrogen) atoms. The van der Waals surface area contributed by atoms with Crippen LogP contribution in [0.2, 0.25) is 0 Å². The molecule has 4 heteroatoms. The smallest absolute Gasteiger partial charge is 0.251 e. The molecule has 0 saturated heterocycles. The van der Waals surface area contributed by atoms with E-state index < -0.39 is 5.41 Å². The molecule has 2 amide bonds. The first kappa shape index (κ1) is 13.6. The van der Waals surface area contributed by atoms with Crippen LogP contribution in [0.1, 0.15) is 44.0 Å². The van der Waals surface area contributed by atoms with Crippen LogP contribution < -0.4 is 10.6 Å². The minimum Gasteiger partial charge on any atom is -0.349 e. The van der Waals surface area contributed by atoms with Crippen LogP contribution in [0.4, 0.5) is 5.69 Å². The SMILES string of the molecule is CC(C)(C)C(=O)Nc1ccc(C(=O)NC2CC2)cc1. The maximum atomic E-state index is 11.8. The Labute approximate surface area is 113 Å². The molecule has 1 aromatic carbocycles. The van der Waals surface area contributed by atoms with Crippen LogP contribution in [-0.4, -0.2) is 17.9 Å². The molecule has 102 valence electrons. The molecular weight excluding hydrogens is 240 g/mol. The van der Waals surface area contributed by atoms with Crippen molar-refractivity contribution in [1.29, 1.82) is 0 Å². The van der Waals surface area contributed by atoms with Crippen molar-refractivity contribution in [1.82, 2.24) is 5.32 Å². The third kappa shape index (κ3) is 3.81. The second-order valence-electron chi connectivity index (χ2n) is 6.03. The summed E-state index contributed by atoms with van der Waals surface area (Å²) in [4.78, 5) is 23.6. The normalized spacial score (nSPS) is 14.9. The van der Waals surface area contributed by atoms with Gasteiger partial charge in [0.15, 0.2) is 0 Å². The molecule has 1 saturated carbocycles. The van der Waals surface area contributed by atoms with Crippen molar-refractivity contribution in [2.24, 2.45) is 5.41 Å². The van der Waals surface area contributed by atoms with E-state index in [1.807, 2.05) is 20.8 Å². The third-order valence-corrected chi connectivity index (χ3v) is 3.00. The monoisotopic (exact) mass is 260 g/mol. The van der Waals surface area contributed by atoms with E-state index in [9.17, 15) is 9.59 Å². The van der Waals surface area contributed by atoms with Gasteiger partial charge in [-0.05, 0) is 37.1 Å². The van der Waals surface area contributed by atoms with Crippen molar-refractivity contribution >= 4 is 17.5 Å². The van der Waals surface area contributed by atoms with Crippen molar-refractivity contribution < 1.29 is 9.59 Å². The number of carbonyl (C=O) groups is 2. The number of hydrogen-bond acceptors (Lipinski definition) is 2. The zero-order valence-electron chi connectivity index (χ0n) is 11.6. The second kappa shape index (κ2) is 5.03. The minimum atomic E-state index is -0.429. The lowest BCUT2D eigenvalue weighted by Crippen LogP contribution is -2.28. The number of hydrogen-bond donors (Lipinski definition) is 2. The Kier molecular flexibility index (Phi) is 3.60. The summed E-state index contributed by atoms with van der Waals surface area (Å²) in [7, 11) is 0. The molecule has 4 nitrogen and oxygen atoms in total. The minimum absolute atomic E-state index is 0.0392. The first-order valence-corrected chi connectivity index (χ1v) is 6.58. The topological polar surface area (TPSA) is 58.2 Å². The van der Waals surface area contributed by atoms with E-state index in [0.717, 1.165) is 12.8 Å². The highest BCUT2D eigenvalue weighted by atomic mass is 16.2. The highest BCUT2D eigenvalue weighted by Gasteiger charge is 2.24. The lowest BCUT2D eigenvalue weighted by molar-refractivity contribution is -0.123. The van der Waals surface area contributed by atoms with Gasteiger partial charge in [-0.3, -0.25) is 9.59 Å². The van der Waals surface area contributed by atoms with E-state index in [0.29, 0.717) is 17.3 Å². The number of anilines is 1. The Morgan fingerprint density at radius 2 is 1.68 bits per heavy atom. The van der Waals surface area contributed by atoms with Crippen LogP contribution in [0, 0.1) is 5.41 Å². The molecular formula is C15H20N2O2. The van der Waals surface area contributed by atoms with Gasteiger partial charge in [-0.25, -0.2) is 0 Å². The quantitative estimate of drug-likeness (QED) is 0.877. The van der Waals surface area contributed by atoms with E-state index >= 15 is 0 Å². The van der Waals surface area contributed by atoms with Gasteiger partial charge >= 0.3 is 0 Å². The van der Waals surface area contributed by atoms with E-state index in [4.69, 9.17) is 0 Å². The van der Waals surface area contributed by atoms with Crippen molar-refractivity contribution in [2.75, 3.05) is 5.32 Å². The second-order valence-corrected chi connectivity index (χ2v) is 6.03. The average molecular weight is 260 g/mol. The van der Waals surface area contributed by atoms with E-state index in [2.05, 4.69) is 10.6 Å². The van der Waals surface area contributed by atoms with Gasteiger partial charge in [-0.1, -0.05) is 20.8 Å². The maximum absolute atomic E-state index is 11.8. The molecule has 0 heterocycles. The Hall–Kier alpha value is -1.84. The average Bonchev–Trinajstić information content (AvgIpc) is 3.12. The fraction of sp³-hybridized carbons (Fsp3) is 0.467. The molecule has 2 rings (SSSR count). The molecule has 0 spiro atoms. The molecule has 0 atom stereocenters. The van der Waals surface area contributed by atoms with Crippen LogP contribution in [0.25, 0.3) is 0 Å². The number of nitrogens with one attached hydrogen (secondary N) is 2. The predicted octanol–water partition coefficient (Wildman–Crippen LogP) is 2.56. The van der Waals surface area contributed by atoms with Gasteiger partial charge < -0.3 is 10.6 Å². The molecule has 1 aromatic rings. The summed E-state index contributed by atoms with van der Waals surface area (Å²) in [5, 5.41) is 5.76. The largest absolute Gasteiger partial charge is 0.349 e. The van der Waals surface area contributed by atoms with Crippen LogP contribution >= 0.6 is 0 Å². The molecule has 0 bridgehead atoms. The highest BCUT2D eigenvalue weighted by Crippen LogP contribution is 2.20. The molecule has 0 aromatic heterocycles. The molecule has 2 N–H and O–H groups in total. The Balaban J connectivity index is 1.97. The predicted molar refractivity (Wildman–Crippen MR) is 75.0 cm³/mol. The zero-order valence-corrected chi connectivity index (χ0v) is 11.6. The molecule has 1 fully saturated rings. The number of benzene rings is 1. The van der Waals surface area contributed by atoms with Crippen LogP contribution in [0.5, 0.6) is 0 Å². The fourth-order valence-electron chi connectivity index (χ4n) is 1.52. The standard InChI is InChI=1S/C15H20N2O2/c1-15(2,3)14(19)17-12-6-4-10(5-7-12)13(18)16-11-8-9-11/h4-7,11H,8-9H2,1-3H3,(H,16,18)(H,17,19). The first-order valence-electron chi connectivity index (χ1n) is 6.58. The molecule has 1 aliphatic carbocycles. The van der Waals surface area contributed by atoms with Crippen molar-refractivity contribution in [2.45, 2.75) is 39.7 Å². The third-order valence-electron chi connectivity index (χ3n) is 3.00. The fourth-order valence-corrected chi connectivity index (χ4v) is 1.52. The van der Waals surface area contributed by atoms with Crippen molar-refractivity contribution in [3.8, 4) is 0 Å². The first-order chi connectivity index (χ1) is 8.86. The van der Waals surface area contributed by atoms with Gasteiger partial charge in [0.25, 0.3) is 5.91 Å². The van der Waals surface area contributed by atoms with Crippen LogP contribution in [0.15, 0.2) is 24.3 Å². The summed E-state index contributed by atoms with van der Waals surface area (Å²) in [5.74, 6) is -0.0844. The van der Waals surface area contributed by atoms with Crippen LogP contribution in [-0.2, 0) is 4.79 Å². The molecule has 1 aliphatic rings. The lowest BCUT2D eigenvalue weighted by Gasteiger charge is -2.17. The van der Waals surface area contributed by atoms with Gasteiger partial charge in [0.1, 0.15) is 0 Å². The van der Waals surface area contributed by atoms with E-state index in [-0.39, 0.29) is 11.8 Å². The number of amides is 2. The Bertz CT molecular complexity index is 482. The highest BCUT2D eigenvalue weighted by molar-refractivity contribution is 5.97. The Morgan fingerprint density at radius 3 is 2.16 bits per heavy atom. The molecule has 0 aliphatic heterocycles. The lowest BCUT2D eigenvalue weighted by atomic mass is 9.95. The van der Waals surface area contributed by atoms with Gasteiger partial charge in [0, 0.05) is 22.7 Å². The summed E-state index contributed by atoms with van der Waals surface area (Å²) in [6, 6.07) is 7.33. The van der Waals surface area contributed by atoms with Crippen molar-refractivity contribution in [3.05, 3.63) is 29.8 Å². The van der Waals surface area contributed by atoms with E-state index in [1.54, 1.807) is 24.3 Å². The number of rotatable bonds is 3. The molecule has 0 unspecified atom stereocenters. The summed E-state index contributed by atoms with van der Waals surface area (Å²) >= 11 is 0. The van der Waals surface area contributed by atoms with Gasteiger partial charge in [-0.2, -0.15) is 0 Å². The summed E-state index contributed by atoms with van der Waals surface area (Å²) in [5.41, 5.74) is 0.908. The number of carbonyl (C=O) groups excluding carboxylic acids is 2. The maximum Gasteiger partial charge on any atom is 0.251 e. The van der Waals surface area contributed by atoms with Crippen LogP contribution in [0.3, 0.4) is 0 Å². The van der Waals surface area contributed by atoms with Crippen molar-refractivity contribution in [3.63, 3.8) is 0 Å². The van der Waals surface area contributed by atoms with Gasteiger partial charge in [0.05, 0.1) is 0 Å². The summed E-state index contributed by atoms with van der Waals surface area (Å²) < 4.78 is 0. The zero-order chi connectivity index (χ0) is 14.0. The summed E-state index contributed by atoms with van der Waals surface area (Å²) in [6.45, 7) is 5.58.